The first-order valence-corrected chi connectivity index (χ1v) is 6.12. The quantitative estimate of drug-likeness (QED) is 0.658. The van der Waals surface area contributed by atoms with Crippen molar-refractivity contribution in [3.63, 3.8) is 0 Å². The normalized spacial score (nSPS) is 27.4. The maximum Gasteiger partial charge on any atom is 0.00949 e. The zero-order valence-electron chi connectivity index (χ0n) is 10.1. The van der Waals surface area contributed by atoms with Crippen LogP contribution in [0.1, 0.15) is 39.0 Å². The van der Waals surface area contributed by atoms with Crippen LogP contribution in [0.15, 0.2) is 0 Å². The van der Waals surface area contributed by atoms with E-state index in [4.69, 9.17) is 0 Å². The minimum absolute atomic E-state index is 0.872. The summed E-state index contributed by atoms with van der Waals surface area (Å²) in [4.78, 5) is 2.56. The molecule has 1 N–H and O–H groups in total. The molecule has 1 saturated carbocycles. The molecule has 2 atom stereocenters. The van der Waals surface area contributed by atoms with E-state index in [-0.39, 0.29) is 0 Å². The van der Waals surface area contributed by atoms with Gasteiger partial charge in [-0.2, -0.15) is 0 Å². The van der Waals surface area contributed by atoms with Gasteiger partial charge in [-0.05, 0) is 58.8 Å². The molecule has 0 aliphatic heterocycles. The number of rotatable bonds is 6. The number of nitrogens with zero attached hydrogens (tertiary/aromatic N) is 1. The molecule has 0 aromatic heterocycles. The minimum atomic E-state index is 0.872. The molecule has 2 unspecified atom stereocenters. The Bertz CT molecular complexity index is 147. The van der Waals surface area contributed by atoms with E-state index in [0.717, 1.165) is 18.5 Å². The van der Waals surface area contributed by atoms with Gasteiger partial charge in [-0.1, -0.05) is 13.3 Å². The molecule has 0 heterocycles. The molecule has 1 aliphatic rings. The van der Waals surface area contributed by atoms with Gasteiger partial charge in [0.15, 0.2) is 0 Å². The predicted octanol–water partition coefficient (Wildman–Crippen LogP) is 2.11. The fourth-order valence-electron chi connectivity index (χ4n) is 2.51. The van der Waals surface area contributed by atoms with Crippen LogP contribution in [0.2, 0.25) is 0 Å². The van der Waals surface area contributed by atoms with Crippen molar-refractivity contribution >= 4 is 0 Å². The van der Waals surface area contributed by atoms with Crippen LogP contribution in [-0.2, 0) is 0 Å². The van der Waals surface area contributed by atoms with Gasteiger partial charge in [-0.3, -0.25) is 0 Å². The Morgan fingerprint density at radius 3 is 2.71 bits per heavy atom. The van der Waals surface area contributed by atoms with E-state index in [1.807, 2.05) is 7.05 Å². The molecule has 0 bridgehead atoms. The van der Waals surface area contributed by atoms with E-state index in [1.54, 1.807) is 0 Å². The second kappa shape index (κ2) is 6.41. The van der Waals surface area contributed by atoms with Gasteiger partial charge in [0.2, 0.25) is 0 Å². The summed E-state index contributed by atoms with van der Waals surface area (Å²) in [6.45, 7) is 4.73. The molecule has 2 nitrogen and oxygen atoms in total. The van der Waals surface area contributed by atoms with Crippen molar-refractivity contribution in [3.8, 4) is 0 Å². The highest BCUT2D eigenvalue weighted by molar-refractivity contribution is 4.80. The van der Waals surface area contributed by atoms with E-state index in [2.05, 4.69) is 24.2 Å². The van der Waals surface area contributed by atoms with Crippen molar-refractivity contribution in [2.24, 2.45) is 5.92 Å². The first-order valence-electron chi connectivity index (χ1n) is 6.12. The summed E-state index contributed by atoms with van der Waals surface area (Å²) in [5.74, 6) is 1.01. The smallest absolute Gasteiger partial charge is 0.00949 e. The van der Waals surface area contributed by atoms with Crippen LogP contribution in [0, 0.1) is 5.92 Å². The zero-order valence-corrected chi connectivity index (χ0v) is 10.1. The number of nitrogens with one attached hydrogen (secondary N) is 1. The summed E-state index contributed by atoms with van der Waals surface area (Å²) >= 11 is 0. The lowest BCUT2D eigenvalue weighted by atomic mass is 10.1. The van der Waals surface area contributed by atoms with Crippen molar-refractivity contribution in [1.82, 2.24) is 10.2 Å². The molecule has 1 fully saturated rings. The summed E-state index contributed by atoms with van der Waals surface area (Å²) in [5, 5.41) is 3.21. The zero-order chi connectivity index (χ0) is 10.4. The lowest BCUT2D eigenvalue weighted by molar-refractivity contribution is 0.236. The van der Waals surface area contributed by atoms with Crippen molar-refractivity contribution in [2.75, 3.05) is 27.2 Å². The predicted molar refractivity (Wildman–Crippen MR) is 62.6 cm³/mol. The van der Waals surface area contributed by atoms with Crippen molar-refractivity contribution < 1.29 is 0 Å². The average molecular weight is 198 g/mol. The van der Waals surface area contributed by atoms with E-state index in [9.17, 15) is 0 Å². The molecule has 1 aliphatic carbocycles. The fourth-order valence-corrected chi connectivity index (χ4v) is 2.51. The van der Waals surface area contributed by atoms with E-state index >= 15 is 0 Å². The number of hydrogen-bond acceptors (Lipinski definition) is 2. The SMILES string of the molecule is CCC1CCC(N(C)CCCNC)C1. The number of hydrogen-bond donors (Lipinski definition) is 1. The summed E-state index contributed by atoms with van der Waals surface area (Å²) in [7, 11) is 4.32. The summed E-state index contributed by atoms with van der Waals surface area (Å²) < 4.78 is 0. The molecular formula is C12H26N2. The molecule has 84 valence electrons. The van der Waals surface area contributed by atoms with Crippen LogP contribution in [0.25, 0.3) is 0 Å². The van der Waals surface area contributed by atoms with Crippen molar-refractivity contribution in [3.05, 3.63) is 0 Å². The molecule has 0 aromatic carbocycles. The largest absolute Gasteiger partial charge is 0.320 e. The van der Waals surface area contributed by atoms with E-state index < -0.39 is 0 Å². The summed E-state index contributed by atoms with van der Waals surface area (Å²) in [5.41, 5.74) is 0. The summed E-state index contributed by atoms with van der Waals surface area (Å²) in [6.07, 6.45) is 6.97. The fraction of sp³-hybridized carbons (Fsp3) is 1.00. The Morgan fingerprint density at radius 1 is 1.36 bits per heavy atom. The highest BCUT2D eigenvalue weighted by atomic mass is 15.1. The lowest BCUT2D eigenvalue weighted by Gasteiger charge is -2.24. The molecule has 0 aromatic rings. The second-order valence-electron chi connectivity index (χ2n) is 4.68. The molecule has 0 spiro atoms. The van der Waals surface area contributed by atoms with Gasteiger partial charge in [0, 0.05) is 6.04 Å². The van der Waals surface area contributed by atoms with Crippen molar-refractivity contribution in [1.29, 1.82) is 0 Å². The molecule has 0 radical (unpaired) electrons. The average Bonchev–Trinajstić information content (AvgIpc) is 2.66. The van der Waals surface area contributed by atoms with Crippen LogP contribution in [0.4, 0.5) is 0 Å². The molecule has 2 heteroatoms. The monoisotopic (exact) mass is 198 g/mol. The molecule has 14 heavy (non-hydrogen) atoms. The topological polar surface area (TPSA) is 15.3 Å². The van der Waals surface area contributed by atoms with Gasteiger partial charge in [0.25, 0.3) is 0 Å². The third kappa shape index (κ3) is 3.58. The lowest BCUT2D eigenvalue weighted by Crippen LogP contribution is -2.31. The Kier molecular flexibility index (Phi) is 5.49. The first kappa shape index (κ1) is 12.0. The van der Waals surface area contributed by atoms with Gasteiger partial charge in [0.05, 0.1) is 0 Å². The van der Waals surface area contributed by atoms with Gasteiger partial charge < -0.3 is 10.2 Å². The third-order valence-corrected chi connectivity index (χ3v) is 3.65. The van der Waals surface area contributed by atoms with Crippen molar-refractivity contribution in [2.45, 2.75) is 45.1 Å². The third-order valence-electron chi connectivity index (χ3n) is 3.65. The first-order chi connectivity index (χ1) is 6.77. The van der Waals surface area contributed by atoms with Crippen LogP contribution in [0.3, 0.4) is 0 Å². The van der Waals surface area contributed by atoms with Gasteiger partial charge in [-0.15, -0.1) is 0 Å². The highest BCUT2D eigenvalue weighted by Crippen LogP contribution is 2.30. The van der Waals surface area contributed by atoms with Crippen LogP contribution >= 0.6 is 0 Å². The molecular weight excluding hydrogens is 172 g/mol. The van der Waals surface area contributed by atoms with Crippen LogP contribution < -0.4 is 5.32 Å². The van der Waals surface area contributed by atoms with Gasteiger partial charge in [-0.25, -0.2) is 0 Å². The second-order valence-corrected chi connectivity index (χ2v) is 4.68. The highest BCUT2D eigenvalue weighted by Gasteiger charge is 2.25. The van der Waals surface area contributed by atoms with E-state index in [0.29, 0.717) is 0 Å². The van der Waals surface area contributed by atoms with Crippen LogP contribution in [0.5, 0.6) is 0 Å². The van der Waals surface area contributed by atoms with Gasteiger partial charge in [0.1, 0.15) is 0 Å². The maximum atomic E-state index is 3.21. The molecule has 1 rings (SSSR count). The maximum absolute atomic E-state index is 3.21. The van der Waals surface area contributed by atoms with Gasteiger partial charge >= 0.3 is 0 Å². The Hall–Kier alpha value is -0.0800. The Morgan fingerprint density at radius 2 is 2.14 bits per heavy atom. The Labute approximate surface area is 89.1 Å². The summed E-state index contributed by atoms with van der Waals surface area (Å²) in [6, 6.07) is 0.872. The Balaban J connectivity index is 2.15. The van der Waals surface area contributed by atoms with Crippen LogP contribution in [-0.4, -0.2) is 38.1 Å². The standard InChI is InChI=1S/C12H26N2/c1-4-11-6-7-12(10-11)14(3)9-5-8-13-2/h11-13H,4-10H2,1-3H3. The molecule has 0 amide bonds. The van der Waals surface area contributed by atoms with E-state index in [1.165, 1.54) is 38.6 Å². The minimum Gasteiger partial charge on any atom is -0.320 e. The molecule has 0 saturated heterocycles.